The van der Waals surface area contributed by atoms with Gasteiger partial charge in [-0.25, -0.2) is 14.0 Å². The summed E-state index contributed by atoms with van der Waals surface area (Å²) in [5, 5.41) is 8.55. The van der Waals surface area contributed by atoms with Crippen molar-refractivity contribution in [3.8, 4) is 5.75 Å². The van der Waals surface area contributed by atoms with E-state index in [4.69, 9.17) is 9.84 Å². The maximum absolute atomic E-state index is 13.6. The molecule has 0 aliphatic carbocycles. The number of carbonyl (C=O) groups is 2. The Balaban J connectivity index is 3.04. The van der Waals surface area contributed by atoms with Crippen LogP contribution >= 0.6 is 0 Å². The van der Waals surface area contributed by atoms with Crippen LogP contribution in [0.3, 0.4) is 0 Å². The van der Waals surface area contributed by atoms with Gasteiger partial charge in [0.15, 0.2) is 17.7 Å². The summed E-state index contributed by atoms with van der Waals surface area (Å²) >= 11 is 0. The Morgan fingerprint density at radius 2 is 2.11 bits per heavy atom. The van der Waals surface area contributed by atoms with Crippen molar-refractivity contribution in [1.29, 1.82) is 0 Å². The number of benzene rings is 1. The first-order chi connectivity index (χ1) is 8.95. The first-order valence-electron chi connectivity index (χ1n) is 5.39. The molecule has 0 heterocycles. The first-order valence-corrected chi connectivity index (χ1v) is 5.39. The number of ether oxygens (including phenoxy) is 2. The Morgan fingerprint density at radius 1 is 1.42 bits per heavy atom. The van der Waals surface area contributed by atoms with Gasteiger partial charge in [-0.15, -0.1) is 0 Å². The highest BCUT2D eigenvalue weighted by Gasteiger charge is 2.18. The van der Waals surface area contributed by atoms with Crippen LogP contribution in [0.4, 0.5) is 4.39 Å². The lowest BCUT2D eigenvalue weighted by Crippen LogP contribution is -2.25. The van der Waals surface area contributed by atoms with Gasteiger partial charge in [-0.1, -0.05) is 12.1 Å². The predicted molar refractivity (Wildman–Crippen MR) is 65.2 cm³/mol. The molecule has 0 amide bonds. The van der Waals surface area contributed by atoms with Crippen molar-refractivity contribution in [3.63, 3.8) is 0 Å². The minimum Gasteiger partial charge on any atom is -0.478 e. The molecule has 0 radical (unpaired) electrons. The highest BCUT2D eigenvalue weighted by Crippen LogP contribution is 2.25. The summed E-state index contributed by atoms with van der Waals surface area (Å²) in [5.41, 5.74) is 0.221. The number of rotatable bonds is 5. The normalized spacial score (nSPS) is 12.2. The van der Waals surface area contributed by atoms with Crippen molar-refractivity contribution >= 4 is 18.0 Å². The van der Waals surface area contributed by atoms with E-state index >= 15 is 0 Å². The second kappa shape index (κ2) is 6.53. The molecule has 19 heavy (non-hydrogen) atoms. The SMILES string of the molecule is COC(=O)C(C)Oc1c(F)cccc1/C=C/C(=O)O. The van der Waals surface area contributed by atoms with Crippen LogP contribution < -0.4 is 4.74 Å². The van der Waals surface area contributed by atoms with Crippen LogP contribution in [-0.2, 0) is 14.3 Å². The van der Waals surface area contributed by atoms with E-state index in [1.807, 2.05) is 0 Å². The standard InChI is InChI=1S/C13H13FO5/c1-8(13(17)18-2)19-12-9(6-7-11(15)16)4-3-5-10(12)14/h3-8H,1-2H3,(H,15,16)/b7-6+. The van der Waals surface area contributed by atoms with E-state index in [0.29, 0.717) is 0 Å². The summed E-state index contributed by atoms with van der Waals surface area (Å²) in [5.74, 6) is -2.71. The number of carbonyl (C=O) groups excluding carboxylic acids is 1. The molecule has 1 unspecified atom stereocenters. The smallest absolute Gasteiger partial charge is 0.346 e. The number of esters is 1. The molecule has 5 nitrogen and oxygen atoms in total. The van der Waals surface area contributed by atoms with Crippen LogP contribution in [0.2, 0.25) is 0 Å². The van der Waals surface area contributed by atoms with Crippen LogP contribution in [0.5, 0.6) is 5.75 Å². The molecule has 6 heteroatoms. The molecule has 0 aliphatic heterocycles. The van der Waals surface area contributed by atoms with E-state index in [1.165, 1.54) is 32.2 Å². The fourth-order valence-corrected chi connectivity index (χ4v) is 1.33. The van der Waals surface area contributed by atoms with Gasteiger partial charge in [0.25, 0.3) is 0 Å². The molecule has 1 atom stereocenters. The Morgan fingerprint density at radius 3 is 2.68 bits per heavy atom. The van der Waals surface area contributed by atoms with E-state index in [0.717, 1.165) is 12.1 Å². The van der Waals surface area contributed by atoms with Crippen molar-refractivity contribution in [2.45, 2.75) is 13.0 Å². The van der Waals surface area contributed by atoms with Crippen molar-refractivity contribution in [2.75, 3.05) is 7.11 Å². The molecule has 0 saturated carbocycles. The number of hydrogen-bond donors (Lipinski definition) is 1. The van der Waals surface area contributed by atoms with E-state index in [-0.39, 0.29) is 11.3 Å². The zero-order valence-electron chi connectivity index (χ0n) is 10.4. The van der Waals surface area contributed by atoms with Gasteiger partial charge in [0.2, 0.25) is 0 Å². The van der Waals surface area contributed by atoms with Gasteiger partial charge >= 0.3 is 11.9 Å². The molecule has 0 saturated heterocycles. The summed E-state index contributed by atoms with van der Waals surface area (Å²) in [6.45, 7) is 1.41. The molecule has 1 N–H and O–H groups in total. The highest BCUT2D eigenvalue weighted by molar-refractivity contribution is 5.86. The van der Waals surface area contributed by atoms with Crippen molar-refractivity contribution in [1.82, 2.24) is 0 Å². The Hall–Kier alpha value is -2.37. The minimum atomic E-state index is -1.17. The van der Waals surface area contributed by atoms with Crippen LogP contribution in [-0.4, -0.2) is 30.3 Å². The lowest BCUT2D eigenvalue weighted by atomic mass is 10.1. The van der Waals surface area contributed by atoms with Crippen LogP contribution in [0.1, 0.15) is 12.5 Å². The summed E-state index contributed by atoms with van der Waals surface area (Å²) in [6.07, 6.45) is 1.04. The van der Waals surface area contributed by atoms with E-state index in [9.17, 15) is 14.0 Å². The molecule has 1 aromatic rings. The number of carboxylic acid groups (broad SMARTS) is 1. The molecule has 102 valence electrons. The quantitative estimate of drug-likeness (QED) is 0.652. The highest BCUT2D eigenvalue weighted by atomic mass is 19.1. The first kappa shape index (κ1) is 14.7. The summed E-state index contributed by atoms with van der Waals surface area (Å²) in [6, 6.07) is 4.03. The number of carboxylic acids is 1. The molecule has 1 aromatic carbocycles. The maximum Gasteiger partial charge on any atom is 0.346 e. The lowest BCUT2D eigenvalue weighted by Gasteiger charge is -2.14. The topological polar surface area (TPSA) is 72.8 Å². The maximum atomic E-state index is 13.6. The van der Waals surface area contributed by atoms with E-state index in [1.54, 1.807) is 0 Å². The molecule has 0 spiro atoms. The van der Waals surface area contributed by atoms with Gasteiger partial charge < -0.3 is 14.6 Å². The lowest BCUT2D eigenvalue weighted by molar-refractivity contribution is -0.148. The number of para-hydroxylation sites is 1. The van der Waals surface area contributed by atoms with Gasteiger partial charge in [-0.05, 0) is 19.1 Å². The zero-order chi connectivity index (χ0) is 14.4. The molecule has 1 rings (SSSR count). The summed E-state index contributed by atoms with van der Waals surface area (Å²) in [7, 11) is 1.19. The number of hydrogen-bond acceptors (Lipinski definition) is 4. The van der Waals surface area contributed by atoms with Crippen molar-refractivity contribution in [2.24, 2.45) is 0 Å². The minimum absolute atomic E-state index is 0.196. The van der Waals surface area contributed by atoms with Gasteiger partial charge in [0.05, 0.1) is 7.11 Å². The molecule has 0 aliphatic rings. The third-order valence-electron chi connectivity index (χ3n) is 2.23. The van der Waals surface area contributed by atoms with Gasteiger partial charge in [-0.3, -0.25) is 0 Å². The van der Waals surface area contributed by atoms with Gasteiger partial charge in [0, 0.05) is 11.6 Å². The van der Waals surface area contributed by atoms with Gasteiger partial charge in [0.1, 0.15) is 0 Å². The van der Waals surface area contributed by atoms with E-state index in [2.05, 4.69) is 4.74 Å². The monoisotopic (exact) mass is 268 g/mol. The molecule has 0 bridgehead atoms. The zero-order valence-corrected chi connectivity index (χ0v) is 10.4. The third-order valence-corrected chi connectivity index (χ3v) is 2.23. The second-order valence-corrected chi connectivity index (χ2v) is 3.61. The number of aliphatic carboxylic acids is 1. The Labute approximate surface area is 109 Å². The average Bonchev–Trinajstić information content (AvgIpc) is 2.38. The fraction of sp³-hybridized carbons (Fsp3) is 0.231. The largest absolute Gasteiger partial charge is 0.478 e. The molecular formula is C13H13FO5. The Kier molecular flexibility index (Phi) is 5.05. The van der Waals surface area contributed by atoms with Crippen LogP contribution in [0.25, 0.3) is 6.08 Å². The van der Waals surface area contributed by atoms with E-state index < -0.39 is 23.9 Å². The molecule has 0 fully saturated rings. The van der Waals surface area contributed by atoms with Crippen LogP contribution in [0.15, 0.2) is 24.3 Å². The third kappa shape index (κ3) is 4.09. The summed E-state index contributed by atoms with van der Waals surface area (Å²) < 4.78 is 23.3. The summed E-state index contributed by atoms with van der Waals surface area (Å²) in [4.78, 5) is 21.7. The number of methoxy groups -OCH3 is 1. The van der Waals surface area contributed by atoms with Crippen molar-refractivity contribution in [3.05, 3.63) is 35.7 Å². The molecular weight excluding hydrogens is 255 g/mol. The van der Waals surface area contributed by atoms with Crippen molar-refractivity contribution < 1.29 is 28.6 Å². The number of halogens is 1. The fourth-order valence-electron chi connectivity index (χ4n) is 1.33. The van der Waals surface area contributed by atoms with Gasteiger partial charge in [-0.2, -0.15) is 0 Å². The van der Waals surface area contributed by atoms with Crippen LogP contribution in [0, 0.1) is 5.82 Å². The average molecular weight is 268 g/mol. The predicted octanol–water partition coefficient (Wildman–Crippen LogP) is 1.86. The Bertz CT molecular complexity index is 510. The second-order valence-electron chi connectivity index (χ2n) is 3.61. The molecule has 0 aromatic heterocycles.